The number of ether oxygens (including phenoxy) is 2. The molecule has 2 N–H and O–H groups in total. The number of hydrogen-bond donors (Lipinski definition) is 2. The third-order valence-corrected chi connectivity index (χ3v) is 8.16. The van der Waals surface area contributed by atoms with Crippen LogP contribution in [0.5, 0.6) is 0 Å². The van der Waals surface area contributed by atoms with Crippen molar-refractivity contribution in [1.29, 1.82) is 0 Å². The Labute approximate surface area is 199 Å². The molecule has 174 valence electrons. The second-order valence-corrected chi connectivity index (χ2v) is 9.76. The minimum atomic E-state index is -0.988. The number of methoxy groups -OCH3 is 1. The summed E-state index contributed by atoms with van der Waals surface area (Å²) in [5.41, 5.74) is 5.24. The van der Waals surface area contributed by atoms with Crippen LogP contribution in [0.1, 0.15) is 35.5 Å². The van der Waals surface area contributed by atoms with Gasteiger partial charge in [0.2, 0.25) is 0 Å². The van der Waals surface area contributed by atoms with Crippen molar-refractivity contribution >= 4 is 55.2 Å². The normalized spacial score (nSPS) is 26.3. The van der Waals surface area contributed by atoms with Crippen LogP contribution in [0.3, 0.4) is 0 Å². The molecule has 3 aliphatic heterocycles. The van der Waals surface area contributed by atoms with Crippen LogP contribution in [0.4, 0.5) is 0 Å². The lowest BCUT2D eigenvalue weighted by atomic mass is 9.95. The summed E-state index contributed by atoms with van der Waals surface area (Å²) in [5.74, 6) is -0.0478. The van der Waals surface area contributed by atoms with E-state index in [2.05, 4.69) is 43.9 Å². The quantitative estimate of drug-likeness (QED) is 0.279. The van der Waals surface area contributed by atoms with Crippen molar-refractivity contribution in [2.75, 3.05) is 7.11 Å². The van der Waals surface area contributed by atoms with Gasteiger partial charge in [0.1, 0.15) is 12.3 Å². The van der Waals surface area contributed by atoms with Gasteiger partial charge in [-0.2, -0.15) is 0 Å². The summed E-state index contributed by atoms with van der Waals surface area (Å²) < 4.78 is 17.3. The first-order chi connectivity index (χ1) is 17.1. The second-order valence-electron chi connectivity index (χ2n) is 9.76. The number of aromatic nitrogens is 2. The Kier molecular flexibility index (Phi) is 3.45. The minimum Gasteiger partial charge on any atom is -0.411 e. The number of benzene rings is 3. The molecule has 0 unspecified atom stereocenters. The van der Waals surface area contributed by atoms with Crippen molar-refractivity contribution in [3.63, 3.8) is 0 Å². The number of para-hydroxylation sites is 2. The SMILES string of the molecule is CO[C@H]1C(=NO)C[C@@H]2O[C@@]1(C)n1c3ccccc3c3c4c(c5c6ccccc6n2c5c31)C(=O)NC4. The van der Waals surface area contributed by atoms with Gasteiger partial charge in [0, 0.05) is 41.6 Å². The zero-order valence-corrected chi connectivity index (χ0v) is 19.2. The number of oxime groups is 1. The number of amides is 1. The first kappa shape index (κ1) is 19.4. The van der Waals surface area contributed by atoms with E-state index in [0.29, 0.717) is 18.7 Å². The second kappa shape index (κ2) is 6.21. The van der Waals surface area contributed by atoms with Crippen LogP contribution in [0.2, 0.25) is 0 Å². The van der Waals surface area contributed by atoms with Crippen LogP contribution < -0.4 is 5.32 Å². The molecule has 1 saturated heterocycles. The molecule has 8 heteroatoms. The van der Waals surface area contributed by atoms with E-state index >= 15 is 0 Å². The highest BCUT2D eigenvalue weighted by atomic mass is 16.6. The lowest BCUT2D eigenvalue weighted by Gasteiger charge is -2.44. The summed E-state index contributed by atoms with van der Waals surface area (Å²) >= 11 is 0. The van der Waals surface area contributed by atoms with Gasteiger partial charge < -0.3 is 29.1 Å². The van der Waals surface area contributed by atoms with Crippen LogP contribution in [-0.4, -0.2) is 39.2 Å². The fraction of sp³-hybridized carbons (Fsp3) is 0.259. The number of fused-ring (bicyclic) bond motifs is 13. The molecule has 0 radical (unpaired) electrons. The Morgan fingerprint density at radius 1 is 1.09 bits per heavy atom. The van der Waals surface area contributed by atoms with Gasteiger partial charge in [0.25, 0.3) is 5.91 Å². The van der Waals surface area contributed by atoms with Crippen molar-refractivity contribution in [2.45, 2.75) is 37.9 Å². The molecule has 5 heterocycles. The number of carbonyl (C=O) groups is 1. The molecule has 35 heavy (non-hydrogen) atoms. The lowest BCUT2D eigenvalue weighted by molar-refractivity contribution is -0.211. The van der Waals surface area contributed by atoms with E-state index in [4.69, 9.17) is 9.47 Å². The van der Waals surface area contributed by atoms with Gasteiger partial charge in [-0.25, -0.2) is 0 Å². The lowest BCUT2D eigenvalue weighted by Crippen LogP contribution is -2.54. The molecule has 2 aromatic heterocycles. The van der Waals surface area contributed by atoms with Crippen LogP contribution >= 0.6 is 0 Å². The highest BCUT2D eigenvalue weighted by Gasteiger charge is 2.52. The van der Waals surface area contributed by atoms with E-state index < -0.39 is 18.1 Å². The van der Waals surface area contributed by atoms with Crippen molar-refractivity contribution in [3.05, 3.63) is 59.7 Å². The molecule has 5 aromatic rings. The number of nitrogens with one attached hydrogen (secondary N) is 1. The monoisotopic (exact) mass is 466 g/mol. The molecule has 3 aliphatic rings. The molecule has 3 aromatic carbocycles. The van der Waals surface area contributed by atoms with Gasteiger partial charge in [-0.15, -0.1) is 0 Å². The van der Waals surface area contributed by atoms with Crippen molar-refractivity contribution < 1.29 is 19.5 Å². The largest absolute Gasteiger partial charge is 0.411 e. The summed E-state index contributed by atoms with van der Waals surface area (Å²) in [6, 6.07) is 16.4. The zero-order chi connectivity index (χ0) is 23.6. The zero-order valence-electron chi connectivity index (χ0n) is 19.2. The Morgan fingerprint density at radius 3 is 2.54 bits per heavy atom. The molecule has 0 aliphatic carbocycles. The van der Waals surface area contributed by atoms with Gasteiger partial charge >= 0.3 is 0 Å². The van der Waals surface area contributed by atoms with Crippen LogP contribution in [0, 0.1) is 0 Å². The summed E-state index contributed by atoms with van der Waals surface area (Å²) in [6.45, 7) is 2.48. The number of carbonyl (C=O) groups excluding carboxylic acids is 1. The summed E-state index contributed by atoms with van der Waals surface area (Å²) in [5, 5.41) is 20.9. The van der Waals surface area contributed by atoms with Gasteiger partial charge in [-0.1, -0.05) is 41.6 Å². The molecule has 8 rings (SSSR count). The van der Waals surface area contributed by atoms with E-state index in [1.165, 1.54) is 0 Å². The minimum absolute atomic E-state index is 0.0478. The standard InChI is InChI=1S/C27H22N4O4/c1-27-25(34-2)16(29-33)11-19(35-27)30-17-9-5-3-7-13(17)21-22-15(12-28-26(22)32)20-14-8-4-6-10-18(14)31(27)24(20)23(21)30/h3-10,19,25,33H,11-12H2,1-2H3,(H,28,32)/t19-,25-,27+/m0/s1. The molecule has 1 amide bonds. The van der Waals surface area contributed by atoms with Crippen LogP contribution in [0.25, 0.3) is 43.6 Å². The molecule has 3 atom stereocenters. The van der Waals surface area contributed by atoms with Crippen molar-refractivity contribution in [1.82, 2.24) is 14.5 Å². The highest BCUT2D eigenvalue weighted by molar-refractivity contribution is 6.31. The number of rotatable bonds is 1. The maximum atomic E-state index is 13.3. The maximum absolute atomic E-state index is 13.3. The van der Waals surface area contributed by atoms with Crippen LogP contribution in [-0.2, 0) is 21.7 Å². The molecule has 0 saturated carbocycles. The van der Waals surface area contributed by atoms with Crippen LogP contribution in [0.15, 0.2) is 53.7 Å². The highest BCUT2D eigenvalue weighted by Crippen LogP contribution is 2.53. The van der Waals surface area contributed by atoms with Crippen molar-refractivity contribution in [2.24, 2.45) is 5.16 Å². The van der Waals surface area contributed by atoms with Gasteiger partial charge in [-0.3, -0.25) is 4.79 Å². The molecule has 1 fully saturated rings. The fourth-order valence-electron chi connectivity index (χ4n) is 6.98. The first-order valence-corrected chi connectivity index (χ1v) is 11.8. The number of hydrogen-bond acceptors (Lipinski definition) is 5. The van der Waals surface area contributed by atoms with Gasteiger partial charge in [0.05, 0.1) is 33.3 Å². The van der Waals surface area contributed by atoms with E-state index in [-0.39, 0.29) is 5.91 Å². The van der Waals surface area contributed by atoms with Gasteiger partial charge in [0.15, 0.2) is 5.72 Å². The third kappa shape index (κ3) is 2.04. The fourth-order valence-corrected chi connectivity index (χ4v) is 6.98. The summed E-state index contributed by atoms with van der Waals surface area (Å²) in [7, 11) is 1.62. The Balaban J connectivity index is 1.74. The molecule has 2 bridgehead atoms. The molecular weight excluding hydrogens is 444 g/mol. The summed E-state index contributed by atoms with van der Waals surface area (Å²) in [6.07, 6.45) is -0.669. The molecular formula is C27H22N4O4. The molecule has 8 nitrogen and oxygen atoms in total. The average Bonchev–Trinajstić information content (AvgIpc) is 3.51. The Hall–Kier alpha value is -3.88. The topological polar surface area (TPSA) is 90.0 Å². The van der Waals surface area contributed by atoms with E-state index in [1.807, 2.05) is 31.2 Å². The molecule has 0 spiro atoms. The van der Waals surface area contributed by atoms with Gasteiger partial charge in [-0.05, 0) is 24.6 Å². The predicted octanol–water partition coefficient (Wildman–Crippen LogP) is 4.60. The number of nitrogens with zero attached hydrogens (tertiary/aromatic N) is 3. The average molecular weight is 466 g/mol. The Bertz CT molecular complexity index is 1810. The van der Waals surface area contributed by atoms with E-state index in [9.17, 15) is 10.0 Å². The third-order valence-electron chi connectivity index (χ3n) is 8.16. The summed E-state index contributed by atoms with van der Waals surface area (Å²) in [4.78, 5) is 13.3. The van der Waals surface area contributed by atoms with E-state index in [1.54, 1.807) is 7.11 Å². The Morgan fingerprint density at radius 2 is 1.80 bits per heavy atom. The predicted molar refractivity (Wildman–Crippen MR) is 132 cm³/mol. The first-order valence-electron chi connectivity index (χ1n) is 11.8. The van der Waals surface area contributed by atoms with Crippen molar-refractivity contribution in [3.8, 4) is 0 Å². The van der Waals surface area contributed by atoms with E-state index in [0.717, 1.165) is 54.7 Å². The smallest absolute Gasteiger partial charge is 0.252 e. The maximum Gasteiger partial charge on any atom is 0.252 e.